The molecule has 0 aromatic heterocycles. The molecule has 1 rings (SSSR count). The first-order chi connectivity index (χ1) is 9.86. The average molecular weight is 283 g/mol. The van der Waals surface area contributed by atoms with Gasteiger partial charge in [0.05, 0.1) is 6.10 Å². The van der Waals surface area contributed by atoms with Gasteiger partial charge in [-0.05, 0) is 45.6 Å². The SMILES string of the molecule is CCCCCCCCCC(CCCC1CCCO1)NC. The maximum atomic E-state index is 5.69. The Bertz CT molecular complexity index is 202. The van der Waals surface area contributed by atoms with Crippen LogP contribution in [-0.2, 0) is 4.74 Å². The van der Waals surface area contributed by atoms with Crippen molar-refractivity contribution in [2.75, 3.05) is 13.7 Å². The molecule has 0 aromatic rings. The molecule has 2 heteroatoms. The van der Waals surface area contributed by atoms with Gasteiger partial charge in [0.1, 0.15) is 0 Å². The maximum absolute atomic E-state index is 5.69. The molecule has 0 aromatic carbocycles. The van der Waals surface area contributed by atoms with Gasteiger partial charge in [-0.15, -0.1) is 0 Å². The molecule has 1 aliphatic heterocycles. The summed E-state index contributed by atoms with van der Waals surface area (Å²) in [7, 11) is 2.12. The Morgan fingerprint density at radius 3 is 2.35 bits per heavy atom. The Kier molecular flexibility index (Phi) is 11.4. The van der Waals surface area contributed by atoms with E-state index in [0.29, 0.717) is 6.10 Å². The van der Waals surface area contributed by atoms with Crippen molar-refractivity contribution in [3.8, 4) is 0 Å². The van der Waals surface area contributed by atoms with E-state index < -0.39 is 0 Å². The van der Waals surface area contributed by atoms with E-state index in [-0.39, 0.29) is 0 Å². The normalized spacial score (nSPS) is 20.4. The molecule has 1 fully saturated rings. The van der Waals surface area contributed by atoms with Gasteiger partial charge in [0.15, 0.2) is 0 Å². The standard InChI is InChI=1S/C18H37NO/c1-3-4-5-6-7-8-9-12-17(19-2)13-10-14-18-15-11-16-20-18/h17-19H,3-16H2,1-2H3. The third-order valence-electron chi connectivity index (χ3n) is 4.67. The van der Waals surface area contributed by atoms with Crippen LogP contribution < -0.4 is 5.32 Å². The van der Waals surface area contributed by atoms with E-state index >= 15 is 0 Å². The van der Waals surface area contributed by atoms with Gasteiger partial charge in [0, 0.05) is 12.6 Å². The van der Waals surface area contributed by atoms with Crippen molar-refractivity contribution in [3.63, 3.8) is 0 Å². The van der Waals surface area contributed by atoms with Crippen LogP contribution >= 0.6 is 0 Å². The fourth-order valence-electron chi connectivity index (χ4n) is 3.24. The summed E-state index contributed by atoms with van der Waals surface area (Å²) in [4.78, 5) is 0. The third-order valence-corrected chi connectivity index (χ3v) is 4.67. The molecule has 1 aliphatic rings. The number of hydrogen-bond acceptors (Lipinski definition) is 2. The zero-order chi connectivity index (χ0) is 14.5. The molecule has 0 amide bonds. The zero-order valence-electron chi connectivity index (χ0n) is 14.0. The van der Waals surface area contributed by atoms with E-state index in [4.69, 9.17) is 4.74 Å². The van der Waals surface area contributed by atoms with Crippen molar-refractivity contribution in [3.05, 3.63) is 0 Å². The highest BCUT2D eigenvalue weighted by Crippen LogP contribution is 2.19. The van der Waals surface area contributed by atoms with E-state index in [9.17, 15) is 0 Å². The second-order valence-electron chi connectivity index (χ2n) is 6.46. The van der Waals surface area contributed by atoms with Crippen LogP contribution in [0.5, 0.6) is 0 Å². The van der Waals surface area contributed by atoms with Crippen LogP contribution in [0.3, 0.4) is 0 Å². The second-order valence-corrected chi connectivity index (χ2v) is 6.46. The predicted octanol–water partition coefficient (Wildman–Crippen LogP) is 5.06. The summed E-state index contributed by atoms with van der Waals surface area (Å²) < 4.78 is 5.69. The molecule has 1 heterocycles. The summed E-state index contributed by atoms with van der Waals surface area (Å²) in [5, 5.41) is 3.50. The lowest BCUT2D eigenvalue weighted by Gasteiger charge is -2.17. The van der Waals surface area contributed by atoms with Crippen molar-refractivity contribution in [2.24, 2.45) is 0 Å². The van der Waals surface area contributed by atoms with Gasteiger partial charge in [0.25, 0.3) is 0 Å². The number of ether oxygens (including phenoxy) is 1. The quantitative estimate of drug-likeness (QED) is 0.477. The average Bonchev–Trinajstić information content (AvgIpc) is 2.97. The summed E-state index contributed by atoms with van der Waals surface area (Å²) in [6.45, 7) is 3.28. The monoisotopic (exact) mass is 283 g/mol. The minimum atomic E-state index is 0.575. The Hall–Kier alpha value is -0.0800. The summed E-state index contributed by atoms with van der Waals surface area (Å²) in [6, 6.07) is 0.729. The van der Waals surface area contributed by atoms with Crippen LogP contribution in [0.15, 0.2) is 0 Å². The van der Waals surface area contributed by atoms with Gasteiger partial charge in [-0.25, -0.2) is 0 Å². The lowest BCUT2D eigenvalue weighted by atomic mass is 10.00. The number of nitrogens with one attached hydrogen (secondary N) is 1. The minimum Gasteiger partial charge on any atom is -0.378 e. The second kappa shape index (κ2) is 12.6. The molecular weight excluding hydrogens is 246 g/mol. The fourth-order valence-corrected chi connectivity index (χ4v) is 3.24. The molecule has 20 heavy (non-hydrogen) atoms. The first-order valence-corrected chi connectivity index (χ1v) is 9.15. The lowest BCUT2D eigenvalue weighted by Crippen LogP contribution is -2.25. The highest BCUT2D eigenvalue weighted by atomic mass is 16.5. The van der Waals surface area contributed by atoms with Crippen LogP contribution in [0.25, 0.3) is 0 Å². The molecule has 1 saturated heterocycles. The zero-order valence-corrected chi connectivity index (χ0v) is 14.0. The molecule has 0 saturated carbocycles. The van der Waals surface area contributed by atoms with Gasteiger partial charge >= 0.3 is 0 Å². The van der Waals surface area contributed by atoms with Gasteiger partial charge in [-0.3, -0.25) is 0 Å². The predicted molar refractivity (Wildman–Crippen MR) is 88.3 cm³/mol. The molecule has 0 aliphatic carbocycles. The fraction of sp³-hybridized carbons (Fsp3) is 1.00. The highest BCUT2D eigenvalue weighted by Gasteiger charge is 2.15. The smallest absolute Gasteiger partial charge is 0.0576 e. The molecular formula is C18H37NO. The molecule has 1 N–H and O–H groups in total. The Balaban J connectivity index is 1.90. The van der Waals surface area contributed by atoms with Crippen LogP contribution in [0.2, 0.25) is 0 Å². The Morgan fingerprint density at radius 1 is 1.00 bits per heavy atom. The Labute approximate surface area is 127 Å². The molecule has 0 bridgehead atoms. The lowest BCUT2D eigenvalue weighted by molar-refractivity contribution is 0.101. The van der Waals surface area contributed by atoms with Crippen LogP contribution in [0.4, 0.5) is 0 Å². The molecule has 0 radical (unpaired) electrons. The maximum Gasteiger partial charge on any atom is 0.0576 e. The van der Waals surface area contributed by atoms with Gasteiger partial charge in [0.2, 0.25) is 0 Å². The van der Waals surface area contributed by atoms with Gasteiger partial charge in [-0.1, -0.05) is 51.9 Å². The summed E-state index contributed by atoms with van der Waals surface area (Å²) >= 11 is 0. The van der Waals surface area contributed by atoms with Crippen LogP contribution in [-0.4, -0.2) is 25.8 Å². The molecule has 2 atom stereocenters. The van der Waals surface area contributed by atoms with Crippen LogP contribution in [0, 0.1) is 0 Å². The minimum absolute atomic E-state index is 0.575. The van der Waals surface area contributed by atoms with Crippen molar-refractivity contribution in [1.82, 2.24) is 5.32 Å². The number of rotatable bonds is 13. The first-order valence-electron chi connectivity index (χ1n) is 9.15. The third kappa shape index (κ3) is 8.97. The van der Waals surface area contributed by atoms with Gasteiger partial charge in [-0.2, -0.15) is 0 Å². The van der Waals surface area contributed by atoms with E-state index in [1.807, 2.05) is 0 Å². The van der Waals surface area contributed by atoms with Crippen molar-refractivity contribution in [2.45, 2.75) is 103 Å². The van der Waals surface area contributed by atoms with E-state index in [1.165, 1.54) is 83.5 Å². The van der Waals surface area contributed by atoms with Gasteiger partial charge < -0.3 is 10.1 Å². The molecule has 2 unspecified atom stereocenters. The summed E-state index contributed by atoms with van der Waals surface area (Å²) in [6.07, 6.45) is 18.3. The summed E-state index contributed by atoms with van der Waals surface area (Å²) in [5.41, 5.74) is 0. The summed E-state index contributed by atoms with van der Waals surface area (Å²) in [5.74, 6) is 0. The highest BCUT2D eigenvalue weighted by molar-refractivity contribution is 4.69. The van der Waals surface area contributed by atoms with Crippen molar-refractivity contribution < 1.29 is 4.74 Å². The van der Waals surface area contributed by atoms with Crippen molar-refractivity contribution >= 4 is 0 Å². The number of unbranched alkanes of at least 4 members (excludes halogenated alkanes) is 6. The Morgan fingerprint density at radius 2 is 1.70 bits per heavy atom. The largest absolute Gasteiger partial charge is 0.378 e. The van der Waals surface area contributed by atoms with Crippen LogP contribution in [0.1, 0.15) is 90.4 Å². The molecule has 120 valence electrons. The topological polar surface area (TPSA) is 21.3 Å². The van der Waals surface area contributed by atoms with E-state index in [2.05, 4.69) is 19.3 Å². The van der Waals surface area contributed by atoms with E-state index in [0.717, 1.165) is 12.6 Å². The van der Waals surface area contributed by atoms with Crippen molar-refractivity contribution in [1.29, 1.82) is 0 Å². The number of hydrogen-bond donors (Lipinski definition) is 1. The first kappa shape index (κ1) is 18.0. The molecule has 0 spiro atoms. The molecule has 2 nitrogen and oxygen atoms in total. The van der Waals surface area contributed by atoms with E-state index in [1.54, 1.807) is 0 Å².